The lowest BCUT2D eigenvalue weighted by Gasteiger charge is -2.32. The van der Waals surface area contributed by atoms with Crippen LogP contribution in [0.5, 0.6) is 0 Å². The van der Waals surface area contributed by atoms with Crippen LogP contribution in [0.3, 0.4) is 0 Å². The third kappa shape index (κ3) is 2.76. The van der Waals surface area contributed by atoms with Crippen LogP contribution in [0.4, 0.5) is 5.69 Å². The van der Waals surface area contributed by atoms with E-state index in [4.69, 9.17) is 0 Å². The van der Waals surface area contributed by atoms with Gasteiger partial charge < -0.3 is 9.80 Å². The number of amides is 2. The third-order valence-electron chi connectivity index (χ3n) is 5.25. The van der Waals surface area contributed by atoms with Crippen molar-refractivity contribution in [2.45, 2.75) is 43.9 Å². The Labute approximate surface area is 164 Å². The average Bonchev–Trinajstić information content (AvgIpc) is 3.03. The van der Waals surface area contributed by atoms with Gasteiger partial charge in [0.1, 0.15) is 0 Å². The molecule has 0 unspecified atom stereocenters. The number of hydrogen-bond donors (Lipinski definition) is 0. The van der Waals surface area contributed by atoms with Crippen LogP contribution in [0.2, 0.25) is 0 Å². The van der Waals surface area contributed by atoms with E-state index >= 15 is 0 Å². The number of nitrogens with zero attached hydrogens (tertiary/aromatic N) is 2. The Balaban J connectivity index is 1.88. The number of benzene rings is 2. The standard InChI is InChI=1S/C22H24N2O2S/c1-15-10-11-19-18(12-15)22(24(16(2)25)14-21(3,4)27-22)20(26)23(19)13-17-8-6-5-7-9-17/h5-12H,13-14H2,1-4H3/t22-/m1/s1. The van der Waals surface area contributed by atoms with Gasteiger partial charge in [0, 0.05) is 23.8 Å². The van der Waals surface area contributed by atoms with E-state index in [1.54, 1.807) is 23.6 Å². The van der Waals surface area contributed by atoms with Crippen LogP contribution in [-0.4, -0.2) is 28.0 Å². The fourth-order valence-corrected chi connectivity index (χ4v) is 5.93. The van der Waals surface area contributed by atoms with Crippen molar-refractivity contribution in [1.82, 2.24) is 4.90 Å². The van der Waals surface area contributed by atoms with E-state index in [-0.39, 0.29) is 16.6 Å². The number of carbonyl (C=O) groups is 2. The van der Waals surface area contributed by atoms with Gasteiger partial charge in [-0.05, 0) is 32.4 Å². The van der Waals surface area contributed by atoms with Gasteiger partial charge in [0.2, 0.25) is 5.91 Å². The Hall–Kier alpha value is -2.27. The Kier molecular flexibility index (Phi) is 4.11. The molecule has 0 aromatic heterocycles. The lowest BCUT2D eigenvalue weighted by molar-refractivity contribution is -0.138. The molecule has 0 bridgehead atoms. The molecule has 0 N–H and O–H groups in total. The Morgan fingerprint density at radius 1 is 1.15 bits per heavy atom. The van der Waals surface area contributed by atoms with Crippen molar-refractivity contribution in [2.75, 3.05) is 11.4 Å². The van der Waals surface area contributed by atoms with Crippen molar-refractivity contribution in [3.8, 4) is 0 Å². The van der Waals surface area contributed by atoms with Gasteiger partial charge in [0.05, 0.1) is 12.2 Å². The highest BCUT2D eigenvalue weighted by atomic mass is 32.2. The monoisotopic (exact) mass is 380 g/mol. The molecule has 1 atom stereocenters. The number of anilines is 1. The maximum absolute atomic E-state index is 13.8. The van der Waals surface area contributed by atoms with Crippen molar-refractivity contribution in [3.63, 3.8) is 0 Å². The van der Waals surface area contributed by atoms with Crippen LogP contribution in [0.1, 0.15) is 37.5 Å². The van der Waals surface area contributed by atoms with Crippen LogP contribution in [-0.2, 0) is 21.0 Å². The minimum absolute atomic E-state index is 0.0160. The first kappa shape index (κ1) is 18.1. The molecular formula is C22H24N2O2S. The first-order valence-corrected chi connectivity index (χ1v) is 10.0. The molecular weight excluding hydrogens is 356 g/mol. The van der Waals surface area contributed by atoms with Crippen molar-refractivity contribution >= 4 is 29.3 Å². The molecule has 2 aromatic carbocycles. The molecule has 0 aliphatic carbocycles. The van der Waals surface area contributed by atoms with Gasteiger partial charge >= 0.3 is 0 Å². The van der Waals surface area contributed by atoms with Gasteiger partial charge in [0.15, 0.2) is 4.87 Å². The van der Waals surface area contributed by atoms with Crippen LogP contribution in [0.25, 0.3) is 0 Å². The number of aryl methyl sites for hydroxylation is 1. The average molecular weight is 381 g/mol. The third-order valence-corrected chi connectivity index (χ3v) is 6.84. The van der Waals surface area contributed by atoms with Crippen LogP contribution >= 0.6 is 11.8 Å². The smallest absolute Gasteiger partial charge is 0.268 e. The molecule has 2 aliphatic rings. The molecule has 140 valence electrons. The molecule has 0 radical (unpaired) electrons. The molecule has 0 saturated carbocycles. The summed E-state index contributed by atoms with van der Waals surface area (Å²) in [4.78, 5) is 29.0. The van der Waals surface area contributed by atoms with Gasteiger partial charge in [-0.2, -0.15) is 0 Å². The first-order chi connectivity index (χ1) is 12.7. The van der Waals surface area contributed by atoms with Crippen molar-refractivity contribution < 1.29 is 9.59 Å². The summed E-state index contributed by atoms with van der Waals surface area (Å²) in [6.45, 7) is 8.86. The Morgan fingerprint density at radius 2 is 1.85 bits per heavy atom. The summed E-state index contributed by atoms with van der Waals surface area (Å²) < 4.78 is -0.189. The van der Waals surface area contributed by atoms with Crippen molar-refractivity contribution in [2.24, 2.45) is 0 Å². The zero-order valence-electron chi connectivity index (χ0n) is 16.2. The normalized spacial score (nSPS) is 23.2. The van der Waals surface area contributed by atoms with Crippen LogP contribution in [0, 0.1) is 6.92 Å². The second-order valence-electron chi connectivity index (χ2n) is 8.01. The fourth-order valence-electron chi connectivity index (χ4n) is 4.16. The Bertz CT molecular complexity index is 925. The fraction of sp³-hybridized carbons (Fsp3) is 0.364. The molecule has 4 nitrogen and oxygen atoms in total. The van der Waals surface area contributed by atoms with E-state index in [2.05, 4.69) is 19.9 Å². The number of fused-ring (bicyclic) bond motifs is 2. The summed E-state index contributed by atoms with van der Waals surface area (Å²) in [5.41, 5.74) is 4.02. The molecule has 4 rings (SSSR count). The van der Waals surface area contributed by atoms with Gasteiger partial charge in [0.25, 0.3) is 5.91 Å². The van der Waals surface area contributed by atoms with Crippen LogP contribution in [0.15, 0.2) is 48.5 Å². The number of rotatable bonds is 2. The summed E-state index contributed by atoms with van der Waals surface area (Å²) in [7, 11) is 0. The van der Waals surface area contributed by atoms with Gasteiger partial charge in [-0.15, -0.1) is 11.8 Å². The molecule has 5 heteroatoms. The van der Waals surface area contributed by atoms with Gasteiger partial charge in [-0.1, -0.05) is 48.0 Å². The molecule has 2 aromatic rings. The zero-order valence-corrected chi connectivity index (χ0v) is 17.0. The van der Waals surface area contributed by atoms with Gasteiger partial charge in [-0.25, -0.2) is 0 Å². The largest absolute Gasteiger partial charge is 0.315 e. The summed E-state index contributed by atoms with van der Waals surface area (Å²) in [5, 5.41) is 0. The second-order valence-corrected chi connectivity index (χ2v) is 9.91. The predicted molar refractivity (Wildman–Crippen MR) is 110 cm³/mol. The quantitative estimate of drug-likeness (QED) is 0.789. The van der Waals surface area contributed by atoms with E-state index in [0.29, 0.717) is 13.1 Å². The van der Waals surface area contributed by atoms with Gasteiger partial charge in [-0.3, -0.25) is 9.59 Å². The molecule has 1 saturated heterocycles. The predicted octanol–water partition coefficient (Wildman–Crippen LogP) is 4.07. The summed E-state index contributed by atoms with van der Waals surface area (Å²) in [6, 6.07) is 16.1. The molecule has 1 fully saturated rings. The minimum atomic E-state index is -0.967. The Morgan fingerprint density at radius 3 is 2.52 bits per heavy atom. The van der Waals surface area contributed by atoms with E-state index in [9.17, 15) is 9.59 Å². The SMILES string of the molecule is CC(=O)N1CC(C)(C)S[C@]12C(=O)N(Cc1ccccc1)c1ccc(C)cc12. The summed E-state index contributed by atoms with van der Waals surface area (Å²) in [6.07, 6.45) is 0. The van der Waals surface area contributed by atoms with E-state index < -0.39 is 4.87 Å². The molecule has 2 aliphatic heterocycles. The van der Waals surface area contributed by atoms with Crippen molar-refractivity contribution in [3.05, 3.63) is 65.2 Å². The molecule has 2 heterocycles. The van der Waals surface area contributed by atoms with E-state index in [1.807, 2.05) is 54.3 Å². The minimum Gasteiger partial charge on any atom is -0.315 e. The second kappa shape index (κ2) is 6.13. The highest BCUT2D eigenvalue weighted by Crippen LogP contribution is 2.59. The molecule has 27 heavy (non-hydrogen) atoms. The molecule has 2 amide bonds. The maximum Gasteiger partial charge on any atom is 0.268 e. The summed E-state index contributed by atoms with van der Waals surface area (Å²) in [5.74, 6) is -0.0758. The number of carbonyl (C=O) groups excluding carboxylic acids is 2. The lowest BCUT2D eigenvalue weighted by atomic mass is 10.0. The topological polar surface area (TPSA) is 40.6 Å². The first-order valence-electron chi connectivity index (χ1n) is 9.20. The highest BCUT2D eigenvalue weighted by molar-refractivity contribution is 8.02. The lowest BCUT2D eigenvalue weighted by Crippen LogP contribution is -2.49. The number of hydrogen-bond acceptors (Lipinski definition) is 3. The van der Waals surface area contributed by atoms with Crippen molar-refractivity contribution in [1.29, 1.82) is 0 Å². The molecule has 1 spiro atoms. The highest BCUT2D eigenvalue weighted by Gasteiger charge is 2.63. The maximum atomic E-state index is 13.8. The number of thioether (sulfide) groups is 1. The summed E-state index contributed by atoms with van der Waals surface area (Å²) >= 11 is 1.60. The van der Waals surface area contributed by atoms with Crippen LogP contribution < -0.4 is 4.90 Å². The zero-order chi connectivity index (χ0) is 19.4. The van der Waals surface area contributed by atoms with E-state index in [0.717, 1.165) is 22.4 Å². The van der Waals surface area contributed by atoms with E-state index in [1.165, 1.54) is 0 Å².